The Hall–Kier alpha value is -5.06. The number of fused-ring (bicyclic) bond motifs is 3. The van der Waals surface area contributed by atoms with Crippen LogP contribution in [0.5, 0.6) is 5.75 Å². The van der Waals surface area contributed by atoms with Gasteiger partial charge in [0.25, 0.3) is 11.4 Å². The minimum absolute atomic E-state index is 0.0228. The topological polar surface area (TPSA) is 135 Å². The summed E-state index contributed by atoms with van der Waals surface area (Å²) in [6, 6.07) is 15.8. The van der Waals surface area contributed by atoms with Crippen LogP contribution in [0.15, 0.2) is 67.0 Å². The lowest BCUT2D eigenvalue weighted by atomic mass is 10.0. The molecule has 0 unspecified atom stereocenters. The fourth-order valence-corrected chi connectivity index (χ4v) is 4.10. The van der Waals surface area contributed by atoms with E-state index in [1.54, 1.807) is 28.8 Å². The van der Waals surface area contributed by atoms with Crippen molar-refractivity contribution < 1.29 is 19.4 Å². The molecule has 0 spiro atoms. The van der Waals surface area contributed by atoms with E-state index in [1.165, 1.54) is 24.0 Å². The minimum Gasteiger partial charge on any atom is -0.497 e. The van der Waals surface area contributed by atoms with E-state index in [4.69, 9.17) is 4.74 Å². The Bertz CT molecular complexity index is 1650. The number of carbonyl (C=O) groups excluding carboxylic acids is 1. The number of hydrogen-bond acceptors (Lipinski definition) is 7. The Kier molecular flexibility index (Phi) is 5.01. The monoisotopic (exact) mass is 471 g/mol. The van der Waals surface area contributed by atoms with Gasteiger partial charge in [0, 0.05) is 22.7 Å². The predicted molar refractivity (Wildman–Crippen MR) is 126 cm³/mol. The molecule has 11 heteroatoms. The highest BCUT2D eigenvalue weighted by Crippen LogP contribution is 2.39. The lowest BCUT2D eigenvalue weighted by Gasteiger charge is -2.04. The van der Waals surface area contributed by atoms with E-state index in [2.05, 4.69) is 5.10 Å². The van der Waals surface area contributed by atoms with Crippen molar-refractivity contribution in [1.82, 2.24) is 14.2 Å². The second-order valence-electron chi connectivity index (χ2n) is 7.88. The smallest absolute Gasteiger partial charge is 0.286 e. The number of nitrogens with zero attached hydrogens (tertiary/aromatic N) is 5. The standard InChI is InChI=1S/C24H17N5O6/c1-14-3-7-16(8-4-14)26-13-25-27-22(23(30)15-5-9-18(35-2)10-6-15)21-19(24(26)27)11-17(28(31)32)12-20(21)29(33)34/h3-13H,1-2H3. The normalized spacial score (nSPS) is 11.1. The second kappa shape index (κ2) is 8.06. The number of hydrogen-bond donors (Lipinski definition) is 0. The summed E-state index contributed by atoms with van der Waals surface area (Å²) >= 11 is 0. The fraction of sp³-hybridized carbons (Fsp3) is 0.0833. The Labute approximate surface area is 197 Å². The molecule has 0 aliphatic rings. The van der Waals surface area contributed by atoms with Crippen LogP contribution in [0.25, 0.3) is 22.1 Å². The lowest BCUT2D eigenvalue weighted by molar-refractivity contribution is -0.393. The van der Waals surface area contributed by atoms with Gasteiger partial charge in [0.1, 0.15) is 23.4 Å². The molecule has 3 aromatic carbocycles. The molecule has 0 bridgehead atoms. The van der Waals surface area contributed by atoms with Crippen molar-refractivity contribution in [1.29, 1.82) is 0 Å². The average molecular weight is 471 g/mol. The molecule has 2 heterocycles. The molecular weight excluding hydrogens is 454 g/mol. The van der Waals surface area contributed by atoms with Crippen molar-refractivity contribution in [2.24, 2.45) is 0 Å². The zero-order chi connectivity index (χ0) is 24.9. The van der Waals surface area contributed by atoms with Crippen LogP contribution in [-0.4, -0.2) is 36.9 Å². The molecule has 11 nitrogen and oxygen atoms in total. The van der Waals surface area contributed by atoms with Gasteiger partial charge < -0.3 is 4.74 Å². The van der Waals surface area contributed by atoms with Gasteiger partial charge in [-0.05, 0) is 43.3 Å². The van der Waals surface area contributed by atoms with Crippen molar-refractivity contribution in [3.8, 4) is 11.4 Å². The van der Waals surface area contributed by atoms with Gasteiger partial charge in [0.15, 0.2) is 0 Å². The largest absolute Gasteiger partial charge is 0.497 e. The summed E-state index contributed by atoms with van der Waals surface area (Å²) in [5.74, 6) is 0.0146. The third-order valence-electron chi connectivity index (χ3n) is 5.79. The van der Waals surface area contributed by atoms with Crippen molar-refractivity contribution >= 4 is 33.6 Å². The molecule has 0 atom stereocenters. The van der Waals surface area contributed by atoms with E-state index >= 15 is 0 Å². The quantitative estimate of drug-likeness (QED) is 0.200. The van der Waals surface area contributed by atoms with Crippen LogP contribution in [0.2, 0.25) is 0 Å². The number of ether oxygens (including phenoxy) is 1. The maximum Gasteiger partial charge on any atom is 0.286 e. The van der Waals surface area contributed by atoms with E-state index in [-0.39, 0.29) is 22.0 Å². The van der Waals surface area contributed by atoms with Gasteiger partial charge in [-0.15, -0.1) is 0 Å². The first-order valence-corrected chi connectivity index (χ1v) is 10.4. The van der Waals surface area contributed by atoms with E-state index in [1.807, 2.05) is 31.2 Å². The number of nitro groups is 2. The van der Waals surface area contributed by atoms with Crippen LogP contribution in [0.3, 0.4) is 0 Å². The molecule has 174 valence electrons. The Morgan fingerprint density at radius 2 is 1.66 bits per heavy atom. The van der Waals surface area contributed by atoms with Crippen molar-refractivity contribution in [3.05, 3.63) is 104 Å². The summed E-state index contributed by atoms with van der Waals surface area (Å²) in [6.45, 7) is 1.93. The van der Waals surface area contributed by atoms with E-state index < -0.39 is 27.0 Å². The summed E-state index contributed by atoms with van der Waals surface area (Å²) < 4.78 is 8.08. The summed E-state index contributed by atoms with van der Waals surface area (Å²) in [6.07, 6.45) is 1.47. The molecule has 0 saturated carbocycles. The van der Waals surface area contributed by atoms with Gasteiger partial charge in [0.2, 0.25) is 5.78 Å². The maximum absolute atomic E-state index is 13.7. The second-order valence-corrected chi connectivity index (χ2v) is 7.88. The SMILES string of the molecule is COc1ccc(C(=O)c2c3c([N+](=O)[O-])cc([N+](=O)[O-])cc3c3n(-c4ccc(C)cc4)cnn23)cc1. The summed E-state index contributed by atoms with van der Waals surface area (Å²) in [7, 11) is 1.49. The van der Waals surface area contributed by atoms with Gasteiger partial charge in [-0.3, -0.25) is 29.6 Å². The first kappa shape index (κ1) is 21.8. The van der Waals surface area contributed by atoms with Crippen LogP contribution in [0.4, 0.5) is 11.4 Å². The number of rotatable bonds is 6. The van der Waals surface area contributed by atoms with Crippen molar-refractivity contribution in [2.45, 2.75) is 6.92 Å². The van der Waals surface area contributed by atoms with Crippen LogP contribution in [-0.2, 0) is 0 Å². The molecule has 0 N–H and O–H groups in total. The zero-order valence-corrected chi connectivity index (χ0v) is 18.5. The molecule has 35 heavy (non-hydrogen) atoms. The van der Waals surface area contributed by atoms with E-state index in [0.717, 1.165) is 11.6 Å². The number of non-ortho nitro benzene ring substituents is 2. The maximum atomic E-state index is 13.7. The number of aryl methyl sites for hydroxylation is 1. The molecule has 0 saturated heterocycles. The first-order valence-electron chi connectivity index (χ1n) is 10.4. The Morgan fingerprint density at radius 1 is 0.971 bits per heavy atom. The highest BCUT2D eigenvalue weighted by Gasteiger charge is 2.31. The number of nitro benzene ring substituents is 2. The highest BCUT2D eigenvalue weighted by molar-refractivity contribution is 6.21. The zero-order valence-electron chi connectivity index (χ0n) is 18.5. The number of ketones is 1. The predicted octanol–water partition coefficient (Wildman–Crippen LogP) is 4.64. The molecule has 0 fully saturated rings. The number of methoxy groups -OCH3 is 1. The van der Waals surface area contributed by atoms with Crippen molar-refractivity contribution in [2.75, 3.05) is 7.11 Å². The summed E-state index contributed by atoms with van der Waals surface area (Å²) in [5, 5.41) is 28.1. The summed E-state index contributed by atoms with van der Waals surface area (Å²) in [5.41, 5.74) is 1.18. The van der Waals surface area contributed by atoms with Crippen LogP contribution in [0.1, 0.15) is 21.6 Å². The number of benzene rings is 3. The van der Waals surface area contributed by atoms with Gasteiger partial charge in [0.05, 0.1) is 28.4 Å². The third-order valence-corrected chi connectivity index (χ3v) is 5.79. The minimum atomic E-state index is -0.726. The van der Waals surface area contributed by atoms with E-state index in [0.29, 0.717) is 17.1 Å². The number of carbonyl (C=O) groups is 1. The molecule has 5 aromatic rings. The molecule has 5 rings (SSSR count). The van der Waals surface area contributed by atoms with E-state index in [9.17, 15) is 25.0 Å². The number of aromatic nitrogens is 3. The Balaban J connectivity index is 1.89. The first-order chi connectivity index (χ1) is 16.8. The molecule has 2 aromatic heterocycles. The fourth-order valence-electron chi connectivity index (χ4n) is 4.10. The molecule has 0 aliphatic carbocycles. The van der Waals surface area contributed by atoms with Crippen LogP contribution in [0, 0.1) is 27.2 Å². The van der Waals surface area contributed by atoms with Gasteiger partial charge in [-0.2, -0.15) is 5.10 Å². The molecule has 0 amide bonds. The third kappa shape index (κ3) is 3.46. The van der Waals surface area contributed by atoms with Crippen LogP contribution < -0.4 is 4.74 Å². The average Bonchev–Trinajstić information content (AvgIpc) is 3.42. The van der Waals surface area contributed by atoms with Gasteiger partial charge in [-0.25, -0.2) is 4.52 Å². The Morgan fingerprint density at radius 3 is 2.26 bits per heavy atom. The molecule has 0 aliphatic heterocycles. The van der Waals surface area contributed by atoms with Crippen molar-refractivity contribution in [3.63, 3.8) is 0 Å². The van der Waals surface area contributed by atoms with Gasteiger partial charge in [-0.1, -0.05) is 17.7 Å². The summed E-state index contributed by atoms with van der Waals surface area (Å²) in [4.78, 5) is 35.8. The molecular formula is C24H17N5O6. The highest BCUT2D eigenvalue weighted by atomic mass is 16.6. The van der Waals surface area contributed by atoms with Gasteiger partial charge >= 0.3 is 0 Å². The van der Waals surface area contributed by atoms with Crippen LogP contribution >= 0.6 is 0 Å². The molecule has 0 radical (unpaired) electrons. The lowest BCUT2D eigenvalue weighted by Crippen LogP contribution is -2.07.